The highest BCUT2D eigenvalue weighted by molar-refractivity contribution is 5.88. The fraction of sp³-hybridized carbons (Fsp3) is 0.500. The third-order valence-electron chi connectivity index (χ3n) is 4.48. The van der Waals surface area contributed by atoms with E-state index in [1.54, 1.807) is 0 Å². The molecule has 1 aliphatic heterocycles. The van der Waals surface area contributed by atoms with Gasteiger partial charge in [-0.15, -0.1) is 0 Å². The van der Waals surface area contributed by atoms with E-state index in [4.69, 9.17) is 0 Å². The second kappa shape index (κ2) is 6.10. The summed E-state index contributed by atoms with van der Waals surface area (Å²) in [6.07, 6.45) is 4.57. The fourth-order valence-corrected chi connectivity index (χ4v) is 3.22. The van der Waals surface area contributed by atoms with Crippen LogP contribution in [0.3, 0.4) is 0 Å². The molecule has 3 heteroatoms. The molecule has 1 aromatic heterocycles. The molecule has 21 heavy (non-hydrogen) atoms. The number of alkyl halides is 1. The number of fused-ring (bicyclic) bond motifs is 1. The summed E-state index contributed by atoms with van der Waals surface area (Å²) in [6, 6.07) is 6.57. The Kier molecular flexibility index (Phi) is 4.20. The highest BCUT2D eigenvalue weighted by atomic mass is 19.1. The third kappa shape index (κ3) is 3.08. The number of nitrogens with zero attached hydrogens (tertiary/aromatic N) is 2. The summed E-state index contributed by atoms with van der Waals surface area (Å²) >= 11 is 0. The molecule has 2 heterocycles. The maximum Gasteiger partial charge on any atom is 0.103 e. The predicted molar refractivity (Wildman–Crippen MR) is 85.2 cm³/mol. The van der Waals surface area contributed by atoms with Crippen LogP contribution in [-0.2, 0) is 6.54 Å². The first kappa shape index (κ1) is 14.5. The van der Waals surface area contributed by atoms with Gasteiger partial charge in [-0.2, -0.15) is 0 Å². The molecule has 1 fully saturated rings. The Hall–Kier alpha value is -1.48. The number of likely N-dealkylation sites (tertiary alicyclic amines) is 1. The molecule has 0 amide bonds. The zero-order chi connectivity index (χ0) is 14.8. The first-order valence-electron chi connectivity index (χ1n) is 7.87. The van der Waals surface area contributed by atoms with Crippen molar-refractivity contribution in [3.63, 3.8) is 0 Å². The topological polar surface area (TPSA) is 16.1 Å². The van der Waals surface area contributed by atoms with E-state index in [2.05, 4.69) is 41.9 Å². The van der Waals surface area contributed by atoms with Crippen LogP contribution >= 0.6 is 0 Å². The number of aromatic nitrogens is 1. The van der Waals surface area contributed by atoms with E-state index in [9.17, 15) is 4.39 Å². The van der Waals surface area contributed by atoms with Crippen molar-refractivity contribution < 1.29 is 4.39 Å². The molecular formula is C18H23FN2. The molecule has 0 unspecified atom stereocenters. The van der Waals surface area contributed by atoms with Gasteiger partial charge in [-0.3, -0.25) is 9.88 Å². The lowest BCUT2D eigenvalue weighted by atomic mass is 9.94. The SMILES string of the molecule is CC(C)c1ccc(CN2CCC(F)CC2)c2ccncc12. The first-order valence-corrected chi connectivity index (χ1v) is 7.87. The molecule has 0 N–H and O–H groups in total. The lowest BCUT2D eigenvalue weighted by Gasteiger charge is -2.29. The van der Waals surface area contributed by atoms with Gasteiger partial charge < -0.3 is 0 Å². The summed E-state index contributed by atoms with van der Waals surface area (Å²) < 4.78 is 13.3. The van der Waals surface area contributed by atoms with Crippen molar-refractivity contribution in [3.8, 4) is 0 Å². The lowest BCUT2D eigenvalue weighted by Crippen LogP contribution is -2.33. The van der Waals surface area contributed by atoms with Gasteiger partial charge in [0, 0.05) is 37.4 Å². The smallest absolute Gasteiger partial charge is 0.103 e. The standard InChI is InChI=1S/C18H23FN2/c1-13(2)16-4-3-14(17-5-8-20-11-18(16)17)12-21-9-6-15(19)7-10-21/h3-5,8,11,13,15H,6-7,9-10,12H2,1-2H3. The van der Waals surface area contributed by atoms with Crippen molar-refractivity contribution in [2.75, 3.05) is 13.1 Å². The quantitative estimate of drug-likeness (QED) is 0.836. The molecule has 1 aromatic carbocycles. The Labute approximate surface area is 126 Å². The largest absolute Gasteiger partial charge is 0.299 e. The Morgan fingerprint density at radius 2 is 1.95 bits per heavy atom. The van der Waals surface area contributed by atoms with E-state index in [0.717, 1.165) is 19.6 Å². The summed E-state index contributed by atoms with van der Waals surface area (Å²) in [4.78, 5) is 6.65. The zero-order valence-corrected chi connectivity index (χ0v) is 12.8. The summed E-state index contributed by atoms with van der Waals surface area (Å²) in [5, 5.41) is 2.55. The second-order valence-corrected chi connectivity index (χ2v) is 6.34. The van der Waals surface area contributed by atoms with E-state index in [1.165, 1.54) is 21.9 Å². The number of benzene rings is 1. The molecule has 2 aromatic rings. The van der Waals surface area contributed by atoms with Gasteiger partial charge in [-0.05, 0) is 41.3 Å². The van der Waals surface area contributed by atoms with Gasteiger partial charge in [-0.1, -0.05) is 26.0 Å². The predicted octanol–water partition coefficient (Wildman–Crippen LogP) is 4.29. The molecule has 1 aliphatic rings. The van der Waals surface area contributed by atoms with Crippen molar-refractivity contribution >= 4 is 10.8 Å². The molecule has 112 valence electrons. The van der Waals surface area contributed by atoms with Crippen LogP contribution in [0.25, 0.3) is 10.8 Å². The summed E-state index contributed by atoms with van der Waals surface area (Å²) in [5.41, 5.74) is 2.68. The van der Waals surface area contributed by atoms with Gasteiger partial charge in [0.05, 0.1) is 0 Å². The summed E-state index contributed by atoms with van der Waals surface area (Å²) in [6.45, 7) is 7.06. The Balaban J connectivity index is 1.91. The van der Waals surface area contributed by atoms with E-state index in [0.29, 0.717) is 18.8 Å². The Morgan fingerprint density at radius 1 is 1.19 bits per heavy atom. The molecule has 0 saturated carbocycles. The number of hydrogen-bond acceptors (Lipinski definition) is 2. The van der Waals surface area contributed by atoms with Crippen LogP contribution in [0.1, 0.15) is 43.7 Å². The van der Waals surface area contributed by atoms with Gasteiger partial charge in [0.2, 0.25) is 0 Å². The molecule has 0 atom stereocenters. The van der Waals surface area contributed by atoms with Crippen molar-refractivity contribution in [2.24, 2.45) is 0 Å². The molecule has 1 saturated heterocycles. The van der Waals surface area contributed by atoms with Crippen molar-refractivity contribution in [1.29, 1.82) is 0 Å². The fourth-order valence-electron chi connectivity index (χ4n) is 3.22. The minimum Gasteiger partial charge on any atom is -0.299 e. The number of piperidine rings is 1. The Bertz CT molecular complexity index is 616. The molecule has 0 bridgehead atoms. The molecule has 3 rings (SSSR count). The molecule has 0 aliphatic carbocycles. The van der Waals surface area contributed by atoms with E-state index < -0.39 is 6.17 Å². The maximum atomic E-state index is 13.3. The first-order chi connectivity index (χ1) is 10.1. The minimum atomic E-state index is -0.606. The van der Waals surface area contributed by atoms with Crippen LogP contribution in [-0.4, -0.2) is 29.1 Å². The number of hydrogen-bond donors (Lipinski definition) is 0. The lowest BCUT2D eigenvalue weighted by molar-refractivity contribution is 0.145. The van der Waals surface area contributed by atoms with Crippen LogP contribution in [0.15, 0.2) is 30.6 Å². The third-order valence-corrected chi connectivity index (χ3v) is 4.48. The van der Waals surface area contributed by atoms with Crippen LogP contribution in [0.5, 0.6) is 0 Å². The highest BCUT2D eigenvalue weighted by Crippen LogP contribution is 2.28. The number of halogens is 1. The minimum absolute atomic E-state index is 0.494. The maximum absolute atomic E-state index is 13.3. The van der Waals surface area contributed by atoms with Gasteiger partial charge in [0.1, 0.15) is 6.17 Å². The van der Waals surface area contributed by atoms with Crippen molar-refractivity contribution in [3.05, 3.63) is 41.7 Å². The van der Waals surface area contributed by atoms with Crippen molar-refractivity contribution in [1.82, 2.24) is 9.88 Å². The van der Waals surface area contributed by atoms with Crippen molar-refractivity contribution in [2.45, 2.75) is 45.3 Å². The van der Waals surface area contributed by atoms with Crippen LogP contribution in [0.2, 0.25) is 0 Å². The molecule has 0 spiro atoms. The van der Waals surface area contributed by atoms with E-state index in [-0.39, 0.29) is 0 Å². The number of rotatable bonds is 3. The normalized spacial score (nSPS) is 17.7. The summed E-state index contributed by atoms with van der Waals surface area (Å²) in [7, 11) is 0. The molecule has 0 radical (unpaired) electrons. The van der Waals surface area contributed by atoms with Crippen LogP contribution < -0.4 is 0 Å². The monoisotopic (exact) mass is 286 g/mol. The molecule has 2 nitrogen and oxygen atoms in total. The van der Waals surface area contributed by atoms with Crippen LogP contribution in [0, 0.1) is 0 Å². The summed E-state index contributed by atoms with van der Waals surface area (Å²) in [5.74, 6) is 0.494. The van der Waals surface area contributed by atoms with Gasteiger partial charge in [0.15, 0.2) is 0 Å². The van der Waals surface area contributed by atoms with Crippen LogP contribution in [0.4, 0.5) is 4.39 Å². The van der Waals surface area contributed by atoms with E-state index >= 15 is 0 Å². The van der Waals surface area contributed by atoms with Gasteiger partial charge >= 0.3 is 0 Å². The zero-order valence-electron chi connectivity index (χ0n) is 12.8. The number of pyridine rings is 1. The second-order valence-electron chi connectivity index (χ2n) is 6.34. The van der Waals surface area contributed by atoms with E-state index in [1.807, 2.05) is 12.4 Å². The average molecular weight is 286 g/mol. The van der Waals surface area contributed by atoms with Gasteiger partial charge in [-0.25, -0.2) is 4.39 Å². The highest BCUT2D eigenvalue weighted by Gasteiger charge is 2.19. The Morgan fingerprint density at radius 3 is 2.67 bits per heavy atom. The van der Waals surface area contributed by atoms with Gasteiger partial charge in [0.25, 0.3) is 0 Å². The molecular weight excluding hydrogens is 263 g/mol. The average Bonchev–Trinajstić information content (AvgIpc) is 2.49.